The molecule has 0 spiro atoms. The van der Waals surface area contributed by atoms with E-state index in [0.29, 0.717) is 119 Å². The number of aromatic nitrogens is 2. The van der Waals surface area contributed by atoms with Crippen molar-refractivity contribution in [3.05, 3.63) is 130 Å². The number of allylic oxidation sites excluding steroid dienone is 2. The van der Waals surface area contributed by atoms with Crippen molar-refractivity contribution < 1.29 is 97.9 Å². The third kappa shape index (κ3) is 29.1. The molecule has 32 heteroatoms. The van der Waals surface area contributed by atoms with Crippen LogP contribution in [0.2, 0.25) is 0 Å². The molecule has 2 aromatic carbocycles. The molecule has 0 atom stereocenters. The van der Waals surface area contributed by atoms with E-state index in [4.69, 9.17) is 57.5 Å². The van der Waals surface area contributed by atoms with E-state index >= 15 is 0 Å². The number of carbonyl (C=O) groups excluding carboxylic acids is 5. The number of hydrogen-bond donors (Lipinski definition) is 2. The molecule has 6 heterocycles. The molecule has 2 N–H and O–H groups in total. The van der Waals surface area contributed by atoms with Crippen LogP contribution in [0.25, 0.3) is 55.3 Å². The fourth-order valence-electron chi connectivity index (χ4n) is 13.0. The minimum atomic E-state index is -3.97. The molecule has 2 aliphatic rings. The third-order valence-electron chi connectivity index (χ3n) is 17.8. The van der Waals surface area contributed by atoms with Crippen molar-refractivity contribution in [2.75, 3.05) is 60.6 Å². The fraction of sp³-hybridized carbons (Fsp3) is 0.514. The van der Waals surface area contributed by atoms with Crippen molar-refractivity contribution in [3.8, 4) is 22.3 Å². The minimum absolute atomic E-state index is 0.141. The lowest BCUT2D eigenvalue weighted by atomic mass is 9.87. The Bertz CT molecular complexity index is 4660. The second-order valence-electron chi connectivity index (χ2n) is 27.5. The van der Waals surface area contributed by atoms with Crippen molar-refractivity contribution in [1.82, 2.24) is 9.80 Å². The van der Waals surface area contributed by atoms with Crippen LogP contribution in [0.3, 0.4) is 0 Å². The van der Waals surface area contributed by atoms with Gasteiger partial charge in [-0.2, -0.15) is 26.4 Å². The van der Waals surface area contributed by atoms with E-state index in [2.05, 4.69) is 96.4 Å². The van der Waals surface area contributed by atoms with Gasteiger partial charge in [0.05, 0.1) is 33.7 Å². The van der Waals surface area contributed by atoms with Gasteiger partial charge in [-0.15, -0.1) is 25.3 Å². The lowest BCUT2D eigenvalue weighted by Crippen LogP contribution is -2.46. The molecule has 580 valence electrons. The van der Waals surface area contributed by atoms with Gasteiger partial charge in [-0.3, -0.25) is 23.5 Å². The second kappa shape index (κ2) is 41.8. The molecule has 2 amide bonds. The highest BCUT2D eigenvalue weighted by Crippen LogP contribution is 2.43. The number of pyridine rings is 2. The first-order valence-electron chi connectivity index (χ1n) is 35.0. The Kier molecular flexibility index (Phi) is 35.3. The van der Waals surface area contributed by atoms with Crippen molar-refractivity contribution in [3.63, 3.8) is 0 Å². The number of aryl methyl sites for hydroxylation is 2. The number of benzene rings is 2. The van der Waals surface area contributed by atoms with Crippen LogP contribution in [0.1, 0.15) is 177 Å². The van der Waals surface area contributed by atoms with Gasteiger partial charge in [0, 0.05) is 146 Å². The number of ether oxygens (including phenoxy) is 1. The average molecular weight is 1550 g/mol. The number of nitrogens with zero attached hydrogens (tertiary/aromatic N) is 6. The van der Waals surface area contributed by atoms with Crippen LogP contribution in [0.4, 0.5) is 11.4 Å². The number of rotatable bonds is 33. The van der Waals surface area contributed by atoms with Crippen LogP contribution in [0, 0.1) is 0 Å². The van der Waals surface area contributed by atoms with Crippen LogP contribution in [0.15, 0.2) is 116 Å². The van der Waals surface area contributed by atoms with E-state index in [-0.39, 0.29) is 40.5 Å². The number of fused-ring (bicyclic) bond motifs is 4. The predicted molar refractivity (Wildman–Crippen MR) is 400 cm³/mol. The topological polar surface area (TPSA) is 387 Å². The molecular weight excluding hydrogens is 1450 g/mol. The Hall–Kier alpha value is -8.91. The largest absolute Gasteiger partial charge is 0.462 e. The van der Waals surface area contributed by atoms with Gasteiger partial charge >= 0.3 is 38.6 Å². The first kappa shape index (κ1) is 89.5. The van der Waals surface area contributed by atoms with Crippen LogP contribution < -0.4 is 30.2 Å². The molecule has 0 aliphatic carbocycles. The summed E-state index contributed by atoms with van der Waals surface area (Å²) in [4.78, 5) is 88.2. The summed E-state index contributed by atoms with van der Waals surface area (Å²) in [5.41, 5.74) is 7.79. The molecule has 0 radical (unpaired) electrons. The van der Waals surface area contributed by atoms with Crippen LogP contribution in [-0.2, 0) is 83.3 Å². The fourth-order valence-corrected chi connectivity index (χ4v) is 14.1. The first-order valence-corrected chi connectivity index (χ1v) is 40.2. The molecule has 0 bridgehead atoms. The summed E-state index contributed by atoms with van der Waals surface area (Å²) in [6.45, 7) is 28.9. The molecule has 4 aromatic heterocycles. The van der Waals surface area contributed by atoms with E-state index in [1.807, 2.05) is 106 Å². The average Bonchev–Trinajstić information content (AvgIpc) is 0.752. The molecule has 2 aliphatic heterocycles. The SMILES string of the molecule is CCCN(CCC)C(=O)CCCN1c2cc3oc(=O)c(-c4cc[n+](CCCCS(=O)(=O)O)cc4)cc3cc2C(C)=CC1(C)C.CCCN(CCCCC(C)(C)OC=O)C(=O)CCCN1c2cc3oc(=O)c(-c4cc[n+](CCCCS(=O)(=O)O)cc4)cc3cc2C(C)=CC1(C)C.O=C=O.O=S(=O)=O.O=S(=O)=O. The normalized spacial score (nSPS) is 13.4. The number of anilines is 2. The maximum Gasteiger partial charge on any atom is 0.425 e. The van der Waals surface area contributed by atoms with Crippen molar-refractivity contribution in [1.29, 1.82) is 0 Å². The number of unbranched alkanes of at least 4 members (excludes halogenated alkanes) is 3. The lowest BCUT2D eigenvalue weighted by Gasteiger charge is -2.43. The van der Waals surface area contributed by atoms with Crippen molar-refractivity contribution >= 4 is 110 Å². The maximum absolute atomic E-state index is 13.3. The van der Waals surface area contributed by atoms with E-state index in [1.54, 1.807) is 0 Å². The highest BCUT2D eigenvalue weighted by atomic mass is 32.2. The van der Waals surface area contributed by atoms with E-state index in [1.165, 1.54) is 0 Å². The molecule has 106 heavy (non-hydrogen) atoms. The van der Waals surface area contributed by atoms with Gasteiger partial charge in [0.25, 0.3) is 26.7 Å². The minimum Gasteiger partial charge on any atom is -0.462 e. The molecule has 8 rings (SSSR count). The zero-order valence-electron chi connectivity index (χ0n) is 62.2. The maximum atomic E-state index is 13.3. The predicted octanol–water partition coefficient (Wildman–Crippen LogP) is 9.81. The third-order valence-corrected chi connectivity index (χ3v) is 19.4. The molecule has 6 aromatic rings. The van der Waals surface area contributed by atoms with Crippen LogP contribution in [0.5, 0.6) is 0 Å². The quantitative estimate of drug-likeness (QED) is 0.0127. The van der Waals surface area contributed by atoms with Crippen LogP contribution >= 0.6 is 0 Å². The number of hydrogen-bond acceptors (Lipinski definition) is 22. The van der Waals surface area contributed by atoms with Gasteiger partial charge < -0.3 is 33.2 Å². The Labute approximate surface area is 622 Å². The van der Waals surface area contributed by atoms with E-state index < -0.39 is 58.3 Å². The monoisotopic (exact) mass is 1550 g/mol. The Morgan fingerprint density at radius 3 is 1.24 bits per heavy atom. The van der Waals surface area contributed by atoms with E-state index in [9.17, 15) is 40.8 Å². The van der Waals surface area contributed by atoms with Gasteiger partial charge in [-0.1, -0.05) is 32.9 Å². The van der Waals surface area contributed by atoms with Crippen molar-refractivity contribution in [2.24, 2.45) is 0 Å². The second-order valence-corrected chi connectivity index (χ2v) is 31.5. The van der Waals surface area contributed by atoms with Gasteiger partial charge in [0.15, 0.2) is 24.8 Å². The summed E-state index contributed by atoms with van der Waals surface area (Å²) in [7, 11) is -14.1. The van der Waals surface area contributed by atoms with Gasteiger partial charge in [-0.05, 0) is 155 Å². The Balaban J connectivity index is 0.000000396. The van der Waals surface area contributed by atoms with Crippen LogP contribution in [-0.4, -0.2) is 153 Å². The summed E-state index contributed by atoms with van der Waals surface area (Å²) >= 11 is 0. The molecule has 0 saturated heterocycles. The van der Waals surface area contributed by atoms with E-state index in [0.717, 1.165) is 108 Å². The Morgan fingerprint density at radius 1 is 0.566 bits per heavy atom. The summed E-state index contributed by atoms with van der Waals surface area (Å²) < 4.78 is 133. The van der Waals surface area contributed by atoms with Gasteiger partial charge in [-0.25, -0.2) is 18.7 Å². The summed E-state index contributed by atoms with van der Waals surface area (Å²) in [5, 5.41) is 1.64. The molecule has 28 nitrogen and oxygen atoms in total. The number of amides is 2. The highest BCUT2D eigenvalue weighted by Gasteiger charge is 2.34. The molecular formula is C74H100N6O22S4+2. The summed E-state index contributed by atoms with van der Waals surface area (Å²) in [6, 6.07) is 19.2. The summed E-state index contributed by atoms with van der Waals surface area (Å²) in [5.74, 6) is -0.177. The molecule has 0 unspecified atom stereocenters. The summed E-state index contributed by atoms with van der Waals surface area (Å²) in [6.07, 6.45) is 21.6. The standard InChI is InChI=1S/C39H53N3O8S.C34H45N3O6S.CO2.2O3S/c1-7-17-41(19-9-8-16-39(5,6)49-28-43)36(44)13-12-20-42-34-26-35-31(24-32(34)29(2)27-38(42,3)4)25-33(37(45)50-35)30-14-21-40(22-15-30)18-10-11-23-51(46,47)48;1-6-14-36(15-7-2)32(38)11-10-17-37-30-23-31-27(21-28(30)25(3)24-34(37,4)5)22-29(33(39)43-31)26-12-18-35(19-13-26)16-8-9-20-44(40,41)42;2-1-3;2*1-4(2)3/h14-15,21-22,24-28H,7-13,16-20,23H2,1-6H3;12-13,18-19,21-24H,6-11,14-17,20H2,1-5H3;;;/p+2. The molecule has 0 fully saturated rings. The zero-order valence-corrected chi connectivity index (χ0v) is 65.4. The van der Waals surface area contributed by atoms with Crippen molar-refractivity contribution in [2.45, 2.75) is 196 Å². The lowest BCUT2D eigenvalue weighted by molar-refractivity contribution is -0.697. The van der Waals surface area contributed by atoms with Gasteiger partial charge in [0.1, 0.15) is 29.9 Å². The molecule has 0 saturated carbocycles. The zero-order chi connectivity index (χ0) is 79.3. The first-order chi connectivity index (χ1) is 49.7. The smallest absolute Gasteiger partial charge is 0.425 e. The van der Waals surface area contributed by atoms with Gasteiger partial charge in [0.2, 0.25) is 11.8 Å². The number of carbonyl (C=O) groups is 3. The Morgan fingerprint density at radius 2 is 0.906 bits per heavy atom. The highest BCUT2D eigenvalue weighted by molar-refractivity contribution is 7.86.